The van der Waals surface area contributed by atoms with Crippen LogP contribution in [-0.2, 0) is 11.3 Å². The second-order valence-electron chi connectivity index (χ2n) is 6.56. The molecule has 1 fully saturated rings. The van der Waals surface area contributed by atoms with E-state index >= 15 is 0 Å². The van der Waals surface area contributed by atoms with Gasteiger partial charge in [0.1, 0.15) is 5.82 Å². The Bertz CT molecular complexity index is 876. The molecule has 1 saturated carbocycles. The quantitative estimate of drug-likeness (QED) is 0.752. The van der Waals surface area contributed by atoms with Crippen molar-refractivity contribution in [1.82, 2.24) is 19.6 Å². The third-order valence-electron chi connectivity index (χ3n) is 4.32. The molecule has 0 atom stereocenters. The van der Waals surface area contributed by atoms with E-state index in [-0.39, 0.29) is 5.91 Å². The molecule has 0 aliphatic heterocycles. The van der Waals surface area contributed by atoms with Crippen LogP contribution in [0.1, 0.15) is 36.4 Å². The maximum absolute atomic E-state index is 12.4. The van der Waals surface area contributed by atoms with Gasteiger partial charge in [0.25, 0.3) is 0 Å². The van der Waals surface area contributed by atoms with Crippen LogP contribution in [-0.4, -0.2) is 25.5 Å². The number of anilines is 1. The zero-order valence-corrected chi connectivity index (χ0v) is 14.2. The highest BCUT2D eigenvalue weighted by Gasteiger charge is 2.27. The predicted octanol–water partition coefficient (Wildman–Crippen LogP) is 3.28. The molecule has 6 nitrogen and oxygen atoms in total. The first kappa shape index (κ1) is 15.6. The maximum atomic E-state index is 12.4. The minimum Gasteiger partial charge on any atom is -0.311 e. The standard InChI is InChI=1S/C19H21N5O/c1-14-12-20-23(13-14)10-9-19(25)21-18-11-17(15-7-8-15)22-24(18)16-5-3-2-4-6-16/h2-6,11-13,15H,7-10H2,1H3,(H,21,25). The minimum atomic E-state index is -0.0346. The third kappa shape index (κ3) is 3.63. The molecule has 1 aliphatic carbocycles. The number of hydrogen-bond acceptors (Lipinski definition) is 3. The maximum Gasteiger partial charge on any atom is 0.227 e. The Morgan fingerprint density at radius 2 is 2.08 bits per heavy atom. The first-order valence-electron chi connectivity index (χ1n) is 8.63. The van der Waals surface area contributed by atoms with E-state index in [2.05, 4.69) is 10.4 Å². The van der Waals surface area contributed by atoms with E-state index in [4.69, 9.17) is 5.10 Å². The second-order valence-corrected chi connectivity index (χ2v) is 6.56. The van der Waals surface area contributed by atoms with Crippen molar-refractivity contribution < 1.29 is 4.79 Å². The normalized spacial score (nSPS) is 13.8. The number of aromatic nitrogens is 4. The van der Waals surface area contributed by atoms with Gasteiger partial charge in [0.15, 0.2) is 0 Å². The Balaban J connectivity index is 1.49. The summed E-state index contributed by atoms with van der Waals surface area (Å²) in [6.45, 7) is 2.55. The lowest BCUT2D eigenvalue weighted by atomic mass is 10.3. The van der Waals surface area contributed by atoms with E-state index in [1.54, 1.807) is 10.9 Å². The summed E-state index contributed by atoms with van der Waals surface area (Å²) in [5.41, 5.74) is 3.10. The molecule has 1 amide bonds. The predicted molar refractivity (Wildman–Crippen MR) is 95.7 cm³/mol. The van der Waals surface area contributed by atoms with Crippen LogP contribution < -0.4 is 5.32 Å². The smallest absolute Gasteiger partial charge is 0.227 e. The van der Waals surface area contributed by atoms with Gasteiger partial charge in [0.2, 0.25) is 5.91 Å². The van der Waals surface area contributed by atoms with Crippen LogP contribution in [0.5, 0.6) is 0 Å². The summed E-state index contributed by atoms with van der Waals surface area (Å²) >= 11 is 0. The average molecular weight is 335 g/mol. The molecule has 1 aliphatic rings. The molecule has 0 saturated heterocycles. The van der Waals surface area contributed by atoms with E-state index in [0.29, 0.717) is 18.9 Å². The van der Waals surface area contributed by atoms with E-state index < -0.39 is 0 Å². The van der Waals surface area contributed by atoms with Gasteiger partial charge < -0.3 is 5.32 Å². The summed E-state index contributed by atoms with van der Waals surface area (Å²) in [6, 6.07) is 11.9. The molecule has 0 radical (unpaired) electrons. The van der Waals surface area contributed by atoms with Gasteiger partial charge in [-0.15, -0.1) is 0 Å². The van der Waals surface area contributed by atoms with Crippen molar-refractivity contribution in [3.63, 3.8) is 0 Å². The lowest BCUT2D eigenvalue weighted by molar-refractivity contribution is -0.116. The Morgan fingerprint density at radius 3 is 2.76 bits per heavy atom. The van der Waals surface area contributed by atoms with Crippen molar-refractivity contribution >= 4 is 11.7 Å². The molecule has 4 rings (SSSR count). The van der Waals surface area contributed by atoms with Gasteiger partial charge >= 0.3 is 0 Å². The minimum absolute atomic E-state index is 0.0346. The molecule has 128 valence electrons. The fourth-order valence-electron chi connectivity index (χ4n) is 2.84. The number of carbonyl (C=O) groups excluding carboxylic acids is 1. The summed E-state index contributed by atoms with van der Waals surface area (Å²) in [5.74, 6) is 1.23. The summed E-state index contributed by atoms with van der Waals surface area (Å²) < 4.78 is 3.61. The fourth-order valence-corrected chi connectivity index (χ4v) is 2.84. The van der Waals surface area contributed by atoms with Crippen molar-refractivity contribution in [1.29, 1.82) is 0 Å². The summed E-state index contributed by atoms with van der Waals surface area (Å²) in [7, 11) is 0. The number of para-hydroxylation sites is 1. The number of nitrogens with zero attached hydrogens (tertiary/aromatic N) is 4. The van der Waals surface area contributed by atoms with Crippen molar-refractivity contribution in [2.24, 2.45) is 0 Å². The number of rotatable bonds is 6. The van der Waals surface area contributed by atoms with Gasteiger partial charge in [-0.2, -0.15) is 10.2 Å². The van der Waals surface area contributed by atoms with Crippen molar-refractivity contribution in [3.8, 4) is 5.69 Å². The van der Waals surface area contributed by atoms with Gasteiger partial charge in [0.05, 0.1) is 17.6 Å². The van der Waals surface area contributed by atoms with Crippen LogP contribution in [0.2, 0.25) is 0 Å². The topological polar surface area (TPSA) is 64.7 Å². The Labute approximate surface area is 146 Å². The lowest BCUT2D eigenvalue weighted by Crippen LogP contribution is -2.17. The number of nitrogens with one attached hydrogen (secondary N) is 1. The van der Waals surface area contributed by atoms with Crippen LogP contribution in [0.25, 0.3) is 5.69 Å². The Kier molecular flexibility index (Phi) is 4.09. The van der Waals surface area contributed by atoms with Gasteiger partial charge in [-0.05, 0) is 37.5 Å². The van der Waals surface area contributed by atoms with Gasteiger partial charge in [-0.1, -0.05) is 18.2 Å². The third-order valence-corrected chi connectivity index (χ3v) is 4.32. The fraction of sp³-hybridized carbons (Fsp3) is 0.316. The van der Waals surface area contributed by atoms with E-state index in [9.17, 15) is 4.79 Å². The van der Waals surface area contributed by atoms with Crippen molar-refractivity contribution in [2.45, 2.75) is 38.6 Å². The van der Waals surface area contributed by atoms with E-state index in [1.165, 1.54) is 12.8 Å². The second kappa shape index (κ2) is 6.55. The highest BCUT2D eigenvalue weighted by atomic mass is 16.1. The first-order valence-corrected chi connectivity index (χ1v) is 8.63. The molecule has 25 heavy (non-hydrogen) atoms. The molecule has 0 bridgehead atoms. The molecular weight excluding hydrogens is 314 g/mol. The highest BCUT2D eigenvalue weighted by Crippen LogP contribution is 2.40. The number of benzene rings is 1. The average Bonchev–Trinajstić information content (AvgIpc) is 3.26. The van der Waals surface area contributed by atoms with Crippen LogP contribution in [0.4, 0.5) is 5.82 Å². The van der Waals surface area contributed by atoms with Gasteiger partial charge in [0, 0.05) is 31.1 Å². The van der Waals surface area contributed by atoms with Gasteiger partial charge in [-0.3, -0.25) is 9.48 Å². The molecule has 2 aromatic heterocycles. The Hall–Kier alpha value is -2.89. The molecule has 0 unspecified atom stereocenters. The molecule has 1 aromatic carbocycles. The van der Waals surface area contributed by atoms with Crippen LogP contribution in [0.15, 0.2) is 48.8 Å². The SMILES string of the molecule is Cc1cnn(CCC(=O)Nc2cc(C3CC3)nn2-c2ccccc2)c1. The zero-order valence-electron chi connectivity index (χ0n) is 14.2. The highest BCUT2D eigenvalue weighted by molar-refractivity contribution is 5.90. The number of hydrogen-bond donors (Lipinski definition) is 1. The Morgan fingerprint density at radius 1 is 1.28 bits per heavy atom. The number of amides is 1. The van der Waals surface area contributed by atoms with E-state index in [1.807, 2.05) is 54.2 Å². The van der Waals surface area contributed by atoms with Crippen molar-refractivity contribution in [3.05, 3.63) is 60.0 Å². The van der Waals surface area contributed by atoms with Gasteiger partial charge in [-0.25, -0.2) is 4.68 Å². The monoisotopic (exact) mass is 335 g/mol. The van der Waals surface area contributed by atoms with Crippen molar-refractivity contribution in [2.75, 3.05) is 5.32 Å². The number of carbonyl (C=O) groups is 1. The molecule has 3 aromatic rings. The lowest BCUT2D eigenvalue weighted by Gasteiger charge is -2.09. The molecule has 0 spiro atoms. The van der Waals surface area contributed by atoms with Crippen LogP contribution >= 0.6 is 0 Å². The largest absolute Gasteiger partial charge is 0.311 e. The first-order chi connectivity index (χ1) is 12.2. The zero-order chi connectivity index (χ0) is 17.2. The molecule has 6 heteroatoms. The molecular formula is C19H21N5O. The van der Waals surface area contributed by atoms with Crippen LogP contribution in [0.3, 0.4) is 0 Å². The van der Waals surface area contributed by atoms with E-state index in [0.717, 1.165) is 22.8 Å². The number of aryl methyl sites for hydroxylation is 2. The summed E-state index contributed by atoms with van der Waals surface area (Å²) in [4.78, 5) is 12.4. The van der Waals surface area contributed by atoms with Crippen LogP contribution in [0, 0.1) is 6.92 Å². The summed E-state index contributed by atoms with van der Waals surface area (Å²) in [5, 5.41) is 11.9. The molecule has 1 N–H and O–H groups in total. The summed E-state index contributed by atoms with van der Waals surface area (Å²) in [6.07, 6.45) is 6.46. The molecule has 2 heterocycles.